The maximum absolute atomic E-state index is 12.7. The van der Waals surface area contributed by atoms with Gasteiger partial charge in [-0.3, -0.25) is 9.36 Å². The lowest BCUT2D eigenvalue weighted by molar-refractivity contribution is -0.128. The summed E-state index contributed by atoms with van der Waals surface area (Å²) in [5.74, 6) is 1.25. The van der Waals surface area contributed by atoms with Crippen molar-refractivity contribution in [2.45, 2.75) is 37.9 Å². The van der Waals surface area contributed by atoms with E-state index in [4.69, 9.17) is 11.6 Å². The topological polar surface area (TPSA) is 51.0 Å². The molecule has 0 N–H and O–H groups in total. The summed E-state index contributed by atoms with van der Waals surface area (Å²) in [4.78, 5) is 14.7. The SMILES string of the molecule is CCN(C(=O)CSc1nnc(-c2ccc(Cl)cc2)n1-c1cccc(C)c1)C1CC1. The lowest BCUT2D eigenvalue weighted by Gasteiger charge is -2.20. The number of carbonyl (C=O) groups is 1. The van der Waals surface area contributed by atoms with Crippen molar-refractivity contribution in [1.82, 2.24) is 19.7 Å². The number of carbonyl (C=O) groups excluding carboxylic acids is 1. The lowest BCUT2D eigenvalue weighted by Crippen LogP contribution is -2.34. The molecule has 2 aromatic carbocycles. The molecular formula is C22H23ClN4OS. The van der Waals surface area contributed by atoms with Crippen LogP contribution in [0.2, 0.25) is 5.02 Å². The zero-order chi connectivity index (χ0) is 20.4. The monoisotopic (exact) mass is 426 g/mol. The highest BCUT2D eigenvalue weighted by Crippen LogP contribution is 2.31. The standard InChI is InChI=1S/C22H23ClN4OS/c1-3-26(18-11-12-18)20(28)14-29-22-25-24-21(16-7-9-17(23)10-8-16)27(22)19-6-4-5-15(2)13-19/h4-10,13,18H,3,11-12,14H2,1-2H3. The smallest absolute Gasteiger partial charge is 0.233 e. The third-order valence-corrected chi connectivity index (χ3v) is 6.13. The van der Waals surface area contributed by atoms with Gasteiger partial charge >= 0.3 is 0 Å². The van der Waals surface area contributed by atoms with E-state index in [1.165, 1.54) is 11.8 Å². The Balaban J connectivity index is 1.66. The van der Waals surface area contributed by atoms with Crippen LogP contribution in [-0.4, -0.2) is 43.9 Å². The number of hydrogen-bond donors (Lipinski definition) is 0. The van der Waals surface area contributed by atoms with E-state index in [2.05, 4.69) is 29.3 Å². The van der Waals surface area contributed by atoms with Gasteiger partial charge in [-0.15, -0.1) is 10.2 Å². The fraction of sp³-hybridized carbons (Fsp3) is 0.318. The Labute approximate surface area is 180 Å². The Kier molecular flexibility index (Phi) is 5.92. The van der Waals surface area contributed by atoms with E-state index in [-0.39, 0.29) is 5.91 Å². The number of halogens is 1. The Morgan fingerprint density at radius 1 is 1.21 bits per heavy atom. The number of nitrogens with zero attached hydrogens (tertiary/aromatic N) is 4. The minimum atomic E-state index is 0.159. The highest BCUT2D eigenvalue weighted by atomic mass is 35.5. The van der Waals surface area contributed by atoms with E-state index in [0.29, 0.717) is 22.0 Å². The molecule has 5 nitrogen and oxygen atoms in total. The third-order valence-electron chi connectivity index (χ3n) is 4.97. The van der Waals surface area contributed by atoms with Gasteiger partial charge in [0.2, 0.25) is 5.91 Å². The minimum absolute atomic E-state index is 0.159. The zero-order valence-electron chi connectivity index (χ0n) is 16.5. The molecule has 1 aromatic heterocycles. The van der Waals surface area contributed by atoms with Crippen molar-refractivity contribution in [3.05, 3.63) is 59.1 Å². The second kappa shape index (κ2) is 8.59. The maximum atomic E-state index is 12.7. The van der Waals surface area contributed by atoms with Gasteiger partial charge in [0.05, 0.1) is 5.75 Å². The third kappa shape index (κ3) is 4.49. The van der Waals surface area contributed by atoms with Crippen LogP contribution in [0.3, 0.4) is 0 Å². The Morgan fingerprint density at radius 3 is 2.62 bits per heavy atom. The molecule has 29 heavy (non-hydrogen) atoms. The number of aryl methyl sites for hydroxylation is 1. The van der Waals surface area contributed by atoms with Crippen LogP contribution < -0.4 is 0 Å². The number of rotatable bonds is 7. The van der Waals surface area contributed by atoms with Gasteiger partial charge in [0.1, 0.15) is 0 Å². The van der Waals surface area contributed by atoms with Gasteiger partial charge in [0.15, 0.2) is 11.0 Å². The summed E-state index contributed by atoms with van der Waals surface area (Å²) in [6.07, 6.45) is 2.23. The molecule has 0 unspecified atom stereocenters. The molecule has 7 heteroatoms. The van der Waals surface area contributed by atoms with E-state index in [1.54, 1.807) is 0 Å². The molecule has 0 spiro atoms. The maximum Gasteiger partial charge on any atom is 0.233 e. The Bertz CT molecular complexity index is 1010. The molecule has 1 saturated carbocycles. The zero-order valence-corrected chi connectivity index (χ0v) is 18.1. The molecule has 1 fully saturated rings. The van der Waals surface area contributed by atoms with Gasteiger partial charge in [-0.1, -0.05) is 35.5 Å². The average molecular weight is 427 g/mol. The highest BCUT2D eigenvalue weighted by Gasteiger charge is 2.31. The molecule has 150 valence electrons. The minimum Gasteiger partial charge on any atom is -0.339 e. The summed E-state index contributed by atoms with van der Waals surface area (Å²) in [6, 6.07) is 16.2. The molecule has 1 heterocycles. The second-order valence-electron chi connectivity index (χ2n) is 7.19. The van der Waals surface area contributed by atoms with E-state index in [1.807, 2.05) is 52.8 Å². The fourth-order valence-corrected chi connectivity index (χ4v) is 4.35. The predicted octanol–water partition coefficient (Wildman–Crippen LogP) is 5.00. The van der Waals surface area contributed by atoms with Gasteiger partial charge in [-0.05, 0) is 68.7 Å². The van der Waals surface area contributed by atoms with Crippen molar-refractivity contribution < 1.29 is 4.79 Å². The van der Waals surface area contributed by atoms with Gasteiger partial charge in [0.25, 0.3) is 0 Å². The van der Waals surface area contributed by atoms with Crippen LogP contribution in [0.15, 0.2) is 53.7 Å². The second-order valence-corrected chi connectivity index (χ2v) is 8.57. The summed E-state index contributed by atoms with van der Waals surface area (Å²) >= 11 is 7.49. The first-order valence-electron chi connectivity index (χ1n) is 9.77. The largest absolute Gasteiger partial charge is 0.339 e. The first-order valence-corrected chi connectivity index (χ1v) is 11.1. The predicted molar refractivity (Wildman–Crippen MR) is 118 cm³/mol. The van der Waals surface area contributed by atoms with Crippen LogP contribution in [0.4, 0.5) is 0 Å². The first-order chi connectivity index (χ1) is 14.1. The van der Waals surface area contributed by atoms with Crippen molar-refractivity contribution in [2.75, 3.05) is 12.3 Å². The summed E-state index contributed by atoms with van der Waals surface area (Å²) in [6.45, 7) is 4.85. The number of benzene rings is 2. The molecule has 3 aromatic rings. The van der Waals surface area contributed by atoms with Crippen LogP contribution in [-0.2, 0) is 4.79 Å². The van der Waals surface area contributed by atoms with Gasteiger partial charge in [-0.2, -0.15) is 0 Å². The Hall–Kier alpha value is -2.31. The molecule has 1 aliphatic carbocycles. The van der Waals surface area contributed by atoms with Crippen molar-refractivity contribution >= 4 is 29.3 Å². The van der Waals surface area contributed by atoms with Crippen LogP contribution >= 0.6 is 23.4 Å². The van der Waals surface area contributed by atoms with Crippen molar-refractivity contribution in [3.63, 3.8) is 0 Å². The van der Waals surface area contributed by atoms with Crippen LogP contribution in [0.25, 0.3) is 17.1 Å². The Morgan fingerprint density at radius 2 is 1.97 bits per heavy atom. The summed E-state index contributed by atoms with van der Waals surface area (Å²) in [5, 5.41) is 10.2. The van der Waals surface area contributed by atoms with Crippen LogP contribution in [0, 0.1) is 6.92 Å². The molecule has 0 saturated heterocycles. The molecule has 1 amide bonds. The van der Waals surface area contributed by atoms with E-state index in [0.717, 1.165) is 42.0 Å². The average Bonchev–Trinajstić information content (AvgIpc) is 3.46. The van der Waals surface area contributed by atoms with Crippen LogP contribution in [0.1, 0.15) is 25.3 Å². The van der Waals surface area contributed by atoms with Crippen molar-refractivity contribution in [3.8, 4) is 17.1 Å². The van der Waals surface area contributed by atoms with E-state index in [9.17, 15) is 4.79 Å². The van der Waals surface area contributed by atoms with Crippen LogP contribution in [0.5, 0.6) is 0 Å². The fourth-order valence-electron chi connectivity index (χ4n) is 3.38. The highest BCUT2D eigenvalue weighted by molar-refractivity contribution is 7.99. The normalized spacial score (nSPS) is 13.5. The van der Waals surface area contributed by atoms with E-state index >= 15 is 0 Å². The van der Waals surface area contributed by atoms with Crippen molar-refractivity contribution in [2.24, 2.45) is 0 Å². The van der Waals surface area contributed by atoms with Gasteiger partial charge in [-0.25, -0.2) is 0 Å². The van der Waals surface area contributed by atoms with E-state index < -0.39 is 0 Å². The van der Waals surface area contributed by atoms with Crippen molar-refractivity contribution in [1.29, 1.82) is 0 Å². The summed E-state index contributed by atoms with van der Waals surface area (Å²) in [7, 11) is 0. The van der Waals surface area contributed by atoms with Gasteiger partial charge in [0, 0.05) is 28.9 Å². The molecule has 0 radical (unpaired) electrons. The van der Waals surface area contributed by atoms with Gasteiger partial charge < -0.3 is 4.90 Å². The number of amides is 1. The first kappa shape index (κ1) is 20.0. The summed E-state index contributed by atoms with van der Waals surface area (Å²) in [5.41, 5.74) is 3.05. The number of thioether (sulfide) groups is 1. The molecule has 0 aliphatic heterocycles. The molecule has 0 atom stereocenters. The number of hydrogen-bond acceptors (Lipinski definition) is 4. The molecule has 4 rings (SSSR count). The lowest BCUT2D eigenvalue weighted by atomic mass is 10.2. The molecular weight excluding hydrogens is 404 g/mol. The molecule has 0 bridgehead atoms. The summed E-state index contributed by atoms with van der Waals surface area (Å²) < 4.78 is 2.02. The quantitative estimate of drug-likeness (QED) is 0.499. The molecule has 1 aliphatic rings. The number of aromatic nitrogens is 3.